The molecule has 0 aliphatic rings. The molecule has 1 aromatic heterocycles. The first kappa shape index (κ1) is 29.7. The molecule has 0 saturated carbocycles. The Kier molecular flexibility index (Phi) is 9.03. The van der Waals surface area contributed by atoms with Crippen LogP contribution in [0.3, 0.4) is 0 Å². The van der Waals surface area contributed by atoms with E-state index in [4.69, 9.17) is 27.7 Å². The minimum atomic E-state index is -4.07. The van der Waals surface area contributed by atoms with Crippen molar-refractivity contribution in [3.05, 3.63) is 108 Å². The van der Waals surface area contributed by atoms with E-state index >= 15 is 0 Å². The van der Waals surface area contributed by atoms with Gasteiger partial charge in [-0.25, -0.2) is 22.9 Å². The van der Waals surface area contributed by atoms with Gasteiger partial charge in [-0.2, -0.15) is 0 Å². The lowest BCUT2D eigenvalue weighted by Crippen LogP contribution is -2.33. The first-order valence-corrected chi connectivity index (χ1v) is 15.7. The van der Waals surface area contributed by atoms with Crippen LogP contribution < -0.4 is 20.5 Å². The van der Waals surface area contributed by atoms with Gasteiger partial charge in [0.05, 0.1) is 15.9 Å². The monoisotopic (exact) mass is 613 g/mol. The zero-order chi connectivity index (χ0) is 30.4. The van der Waals surface area contributed by atoms with Gasteiger partial charge in [-0.05, 0) is 66.2 Å². The fourth-order valence-electron chi connectivity index (χ4n) is 4.75. The summed E-state index contributed by atoms with van der Waals surface area (Å²) in [5.74, 6) is 1.24. The number of anilines is 1. The molecule has 0 aliphatic heterocycles. The van der Waals surface area contributed by atoms with Crippen molar-refractivity contribution in [1.82, 2.24) is 14.3 Å². The molecule has 5 rings (SSSR count). The number of hydrogen-bond acceptors (Lipinski definition) is 6. The molecule has 0 bridgehead atoms. The second-order valence-corrected chi connectivity index (χ2v) is 12.0. The van der Waals surface area contributed by atoms with E-state index in [2.05, 4.69) is 16.8 Å². The van der Waals surface area contributed by atoms with Crippen molar-refractivity contribution in [2.24, 2.45) is 5.73 Å². The van der Waals surface area contributed by atoms with Crippen molar-refractivity contribution in [2.75, 3.05) is 5.32 Å². The number of imidazole rings is 1. The Morgan fingerprint density at radius 1 is 0.977 bits per heavy atom. The van der Waals surface area contributed by atoms with E-state index in [0.717, 1.165) is 52.9 Å². The Bertz CT molecular complexity index is 1870. The first-order valence-electron chi connectivity index (χ1n) is 13.8. The molecule has 0 fully saturated rings. The third kappa shape index (κ3) is 7.19. The normalized spacial score (nSPS) is 11.3. The molecule has 43 heavy (non-hydrogen) atoms. The van der Waals surface area contributed by atoms with Crippen LogP contribution >= 0.6 is 12.2 Å². The highest BCUT2D eigenvalue weighted by Gasteiger charge is 2.20. The van der Waals surface area contributed by atoms with Gasteiger partial charge in [0, 0.05) is 24.2 Å². The number of nitrogens with one attached hydrogen (secondary N) is 2. The van der Waals surface area contributed by atoms with Gasteiger partial charge in [-0.3, -0.25) is 0 Å². The molecule has 1 heterocycles. The number of ether oxygens (including phenoxy) is 1. The van der Waals surface area contributed by atoms with Crippen molar-refractivity contribution in [1.29, 1.82) is 0 Å². The molecule has 4 N–H and O–H groups in total. The predicted molar refractivity (Wildman–Crippen MR) is 173 cm³/mol. The molecule has 5 aromatic rings. The fourth-order valence-corrected chi connectivity index (χ4v) is 5.76. The van der Waals surface area contributed by atoms with Gasteiger partial charge in [0.1, 0.15) is 11.6 Å². The number of aromatic nitrogens is 2. The van der Waals surface area contributed by atoms with Crippen LogP contribution in [0.5, 0.6) is 5.75 Å². The number of nitrogens with two attached hydrogens (primary N) is 1. The number of unbranched alkanes of at least 4 members (excludes halogenated alkanes) is 1. The Morgan fingerprint density at radius 3 is 2.42 bits per heavy atom. The average molecular weight is 614 g/mol. The van der Waals surface area contributed by atoms with Gasteiger partial charge in [0.2, 0.25) is 0 Å². The van der Waals surface area contributed by atoms with Gasteiger partial charge in [-0.1, -0.05) is 74.0 Å². The number of sulfonamides is 1. The quantitative estimate of drug-likeness (QED) is 0.158. The van der Waals surface area contributed by atoms with E-state index in [0.29, 0.717) is 12.1 Å². The van der Waals surface area contributed by atoms with Gasteiger partial charge in [0.25, 0.3) is 10.0 Å². The number of carbonyl (C=O) groups is 1. The smallest absolute Gasteiger partial charge is 0.409 e. The van der Waals surface area contributed by atoms with Crippen molar-refractivity contribution in [2.45, 2.75) is 37.6 Å². The van der Waals surface area contributed by atoms with Crippen LogP contribution in [-0.2, 0) is 23.0 Å². The SMILES string of the molecule is CCCCc1nc2ccc(NC(N)=S)cc2n1Cc1ccc(-c2ccccc2OC(=O)NS(=O)(=O)c2ccccc2)cc1. The number of carbonyl (C=O) groups excluding carboxylic acids is 1. The van der Waals surface area contributed by atoms with Gasteiger partial charge >= 0.3 is 6.09 Å². The summed E-state index contributed by atoms with van der Waals surface area (Å²) >= 11 is 5.01. The van der Waals surface area contributed by atoms with Crippen molar-refractivity contribution < 1.29 is 17.9 Å². The lowest BCUT2D eigenvalue weighted by molar-refractivity contribution is 0.207. The maximum Gasteiger partial charge on any atom is 0.426 e. The molecular formula is C32H31N5O4S2. The molecule has 0 saturated heterocycles. The number of thiocarbonyl (C=S) groups is 1. The second-order valence-electron chi connectivity index (χ2n) is 9.91. The topological polar surface area (TPSA) is 128 Å². The van der Waals surface area contributed by atoms with Crippen molar-refractivity contribution in [3.8, 4) is 16.9 Å². The minimum absolute atomic E-state index is 0.0327. The summed E-state index contributed by atoms with van der Waals surface area (Å²) in [5, 5.41) is 3.20. The minimum Gasteiger partial charge on any atom is -0.409 e. The Morgan fingerprint density at radius 2 is 1.70 bits per heavy atom. The lowest BCUT2D eigenvalue weighted by atomic mass is 10.0. The second kappa shape index (κ2) is 13.1. The summed E-state index contributed by atoms with van der Waals surface area (Å²) in [6.45, 7) is 2.76. The average Bonchev–Trinajstić information content (AvgIpc) is 3.33. The maximum absolute atomic E-state index is 12.6. The van der Waals surface area contributed by atoms with E-state index in [1.807, 2.05) is 59.3 Å². The van der Waals surface area contributed by atoms with Crippen LogP contribution in [0.1, 0.15) is 31.2 Å². The molecule has 4 aromatic carbocycles. The van der Waals surface area contributed by atoms with Crippen LogP contribution in [0.25, 0.3) is 22.2 Å². The van der Waals surface area contributed by atoms with E-state index in [9.17, 15) is 13.2 Å². The van der Waals surface area contributed by atoms with Crippen LogP contribution in [0.15, 0.2) is 102 Å². The van der Waals surface area contributed by atoms with Crippen LogP contribution in [0, 0.1) is 0 Å². The van der Waals surface area contributed by atoms with Gasteiger partial charge < -0.3 is 20.4 Å². The van der Waals surface area contributed by atoms with E-state index < -0.39 is 16.1 Å². The van der Waals surface area contributed by atoms with Gasteiger partial charge in [-0.15, -0.1) is 0 Å². The number of amides is 1. The highest BCUT2D eigenvalue weighted by molar-refractivity contribution is 7.90. The first-order chi connectivity index (χ1) is 20.7. The maximum atomic E-state index is 12.6. The number of benzene rings is 4. The van der Waals surface area contributed by atoms with Crippen LogP contribution in [-0.4, -0.2) is 29.2 Å². The molecule has 0 unspecified atom stereocenters. The zero-order valence-electron chi connectivity index (χ0n) is 23.5. The standard InChI is InChI=1S/C32H31N5O4S2/c1-2-3-13-30-35-27-19-18-24(34-31(33)42)20-28(27)37(30)21-22-14-16-23(17-15-22)26-11-7-8-12-29(26)41-32(38)36-43(39,40)25-9-5-4-6-10-25/h4-12,14-20H,2-3,13,21H2,1H3,(H,36,38)(H3,33,34,42). The summed E-state index contributed by atoms with van der Waals surface area (Å²) in [4.78, 5) is 17.4. The molecular weight excluding hydrogens is 583 g/mol. The van der Waals surface area contributed by atoms with E-state index in [1.165, 1.54) is 12.1 Å². The summed E-state index contributed by atoms with van der Waals surface area (Å²) in [7, 11) is -4.07. The summed E-state index contributed by atoms with van der Waals surface area (Å²) in [6, 6.07) is 28.4. The molecule has 0 spiro atoms. The van der Waals surface area contributed by atoms with Crippen molar-refractivity contribution >= 4 is 50.2 Å². The Labute approximate surface area is 255 Å². The highest BCUT2D eigenvalue weighted by Crippen LogP contribution is 2.31. The lowest BCUT2D eigenvalue weighted by Gasteiger charge is -2.13. The molecule has 1 amide bonds. The molecule has 220 valence electrons. The summed E-state index contributed by atoms with van der Waals surface area (Å²) in [6.07, 6.45) is 1.85. The molecule has 0 atom stereocenters. The number of aryl methyl sites for hydroxylation is 1. The predicted octanol–water partition coefficient (Wildman–Crippen LogP) is 6.23. The molecule has 11 heteroatoms. The van der Waals surface area contributed by atoms with Crippen molar-refractivity contribution in [3.63, 3.8) is 0 Å². The molecule has 9 nitrogen and oxygen atoms in total. The third-order valence-electron chi connectivity index (χ3n) is 6.82. The Hall–Kier alpha value is -4.74. The number of hydrogen-bond donors (Lipinski definition) is 3. The Balaban J connectivity index is 1.37. The van der Waals surface area contributed by atoms with Gasteiger partial charge in [0.15, 0.2) is 5.11 Å². The molecule has 0 aliphatic carbocycles. The van der Waals surface area contributed by atoms with E-state index in [-0.39, 0.29) is 15.8 Å². The van der Waals surface area contributed by atoms with Crippen LogP contribution in [0.2, 0.25) is 0 Å². The zero-order valence-corrected chi connectivity index (χ0v) is 25.1. The van der Waals surface area contributed by atoms with E-state index in [1.54, 1.807) is 30.3 Å². The van der Waals surface area contributed by atoms with Crippen LogP contribution in [0.4, 0.5) is 10.5 Å². The number of fused-ring (bicyclic) bond motifs is 1. The third-order valence-corrected chi connectivity index (χ3v) is 8.25. The highest BCUT2D eigenvalue weighted by atomic mass is 32.2. The molecule has 0 radical (unpaired) electrons. The summed E-state index contributed by atoms with van der Waals surface area (Å²) in [5.41, 5.74) is 10.9. The number of nitrogens with zero attached hydrogens (tertiary/aromatic N) is 2. The largest absolute Gasteiger partial charge is 0.426 e. The number of para-hydroxylation sites is 1. The summed E-state index contributed by atoms with van der Waals surface area (Å²) < 4.78 is 34.7. The number of rotatable bonds is 10. The fraction of sp³-hybridized carbons (Fsp3) is 0.156.